The SMILES string of the molecule is CC#CCCNC(C(=O)O)c1ccccc1. The zero-order valence-corrected chi connectivity index (χ0v) is 9.23. The Labute approximate surface area is 95.5 Å². The van der Waals surface area contributed by atoms with Gasteiger partial charge >= 0.3 is 5.97 Å². The molecular weight excluding hydrogens is 202 g/mol. The molecule has 0 heterocycles. The second kappa shape index (κ2) is 6.65. The molecule has 0 fully saturated rings. The van der Waals surface area contributed by atoms with E-state index in [1.165, 1.54) is 0 Å². The highest BCUT2D eigenvalue weighted by Crippen LogP contribution is 2.12. The van der Waals surface area contributed by atoms with E-state index in [2.05, 4.69) is 17.2 Å². The maximum Gasteiger partial charge on any atom is 0.325 e. The smallest absolute Gasteiger partial charge is 0.325 e. The molecule has 0 aromatic heterocycles. The van der Waals surface area contributed by atoms with Gasteiger partial charge in [0.25, 0.3) is 0 Å². The van der Waals surface area contributed by atoms with Crippen LogP contribution in [0.2, 0.25) is 0 Å². The second-order valence-corrected chi connectivity index (χ2v) is 3.31. The summed E-state index contributed by atoms with van der Waals surface area (Å²) in [7, 11) is 0. The van der Waals surface area contributed by atoms with E-state index in [0.29, 0.717) is 13.0 Å². The minimum absolute atomic E-state index is 0.576. The number of rotatable bonds is 5. The van der Waals surface area contributed by atoms with Gasteiger partial charge in [-0.05, 0) is 12.5 Å². The lowest BCUT2D eigenvalue weighted by atomic mass is 10.1. The average molecular weight is 217 g/mol. The summed E-state index contributed by atoms with van der Waals surface area (Å²) in [6.07, 6.45) is 0.660. The van der Waals surface area contributed by atoms with Crippen LogP contribution in [0.4, 0.5) is 0 Å². The summed E-state index contributed by atoms with van der Waals surface area (Å²) in [6.45, 7) is 2.35. The van der Waals surface area contributed by atoms with Gasteiger partial charge in [-0.1, -0.05) is 30.3 Å². The zero-order valence-electron chi connectivity index (χ0n) is 9.23. The topological polar surface area (TPSA) is 49.3 Å². The number of aliphatic carboxylic acids is 1. The van der Waals surface area contributed by atoms with Gasteiger partial charge in [0.1, 0.15) is 6.04 Å². The van der Waals surface area contributed by atoms with Crippen LogP contribution in [0.1, 0.15) is 24.9 Å². The summed E-state index contributed by atoms with van der Waals surface area (Å²) in [5.74, 6) is 4.80. The van der Waals surface area contributed by atoms with E-state index in [1.807, 2.05) is 18.2 Å². The largest absolute Gasteiger partial charge is 0.480 e. The Morgan fingerprint density at radius 1 is 1.44 bits per heavy atom. The first-order chi connectivity index (χ1) is 7.75. The van der Waals surface area contributed by atoms with Gasteiger partial charge in [0.15, 0.2) is 0 Å². The Balaban J connectivity index is 2.61. The van der Waals surface area contributed by atoms with Gasteiger partial charge in [-0.3, -0.25) is 10.1 Å². The third-order valence-corrected chi connectivity index (χ3v) is 2.16. The van der Waals surface area contributed by atoms with Crippen LogP contribution >= 0.6 is 0 Å². The number of carboxylic acid groups (broad SMARTS) is 1. The predicted molar refractivity (Wildman–Crippen MR) is 62.9 cm³/mol. The van der Waals surface area contributed by atoms with Crippen molar-refractivity contribution >= 4 is 5.97 Å². The summed E-state index contributed by atoms with van der Waals surface area (Å²) in [4.78, 5) is 11.1. The first kappa shape index (κ1) is 12.3. The summed E-state index contributed by atoms with van der Waals surface area (Å²) >= 11 is 0. The van der Waals surface area contributed by atoms with Crippen molar-refractivity contribution in [2.75, 3.05) is 6.54 Å². The van der Waals surface area contributed by atoms with Crippen molar-refractivity contribution in [2.45, 2.75) is 19.4 Å². The van der Waals surface area contributed by atoms with E-state index in [0.717, 1.165) is 5.56 Å². The number of benzene rings is 1. The maximum atomic E-state index is 11.1. The Morgan fingerprint density at radius 2 is 2.12 bits per heavy atom. The van der Waals surface area contributed by atoms with Gasteiger partial charge in [0.2, 0.25) is 0 Å². The molecule has 1 aromatic carbocycles. The van der Waals surface area contributed by atoms with Crippen LogP contribution in [0, 0.1) is 11.8 Å². The molecule has 0 spiro atoms. The van der Waals surface area contributed by atoms with Crippen LogP contribution < -0.4 is 5.32 Å². The van der Waals surface area contributed by atoms with Gasteiger partial charge in [-0.2, -0.15) is 0 Å². The molecule has 0 saturated heterocycles. The van der Waals surface area contributed by atoms with Crippen molar-refractivity contribution in [2.24, 2.45) is 0 Å². The minimum Gasteiger partial charge on any atom is -0.480 e. The summed E-state index contributed by atoms with van der Waals surface area (Å²) in [5, 5.41) is 12.1. The molecule has 1 atom stereocenters. The average Bonchev–Trinajstić information content (AvgIpc) is 2.30. The van der Waals surface area contributed by atoms with Crippen LogP contribution in [0.3, 0.4) is 0 Å². The predicted octanol–water partition coefficient (Wildman–Crippen LogP) is 1.82. The quantitative estimate of drug-likeness (QED) is 0.584. The fourth-order valence-electron chi connectivity index (χ4n) is 1.40. The Hall–Kier alpha value is -1.79. The van der Waals surface area contributed by atoms with Crippen molar-refractivity contribution in [1.82, 2.24) is 5.32 Å². The molecule has 16 heavy (non-hydrogen) atoms. The van der Waals surface area contributed by atoms with Gasteiger partial charge in [-0.25, -0.2) is 0 Å². The van der Waals surface area contributed by atoms with Gasteiger partial charge in [-0.15, -0.1) is 11.8 Å². The van der Waals surface area contributed by atoms with Crippen molar-refractivity contribution in [3.8, 4) is 11.8 Å². The molecule has 1 aromatic rings. The highest BCUT2D eigenvalue weighted by molar-refractivity contribution is 5.75. The number of hydrogen-bond donors (Lipinski definition) is 2. The molecular formula is C13H15NO2. The van der Waals surface area contributed by atoms with Gasteiger partial charge in [0.05, 0.1) is 0 Å². The van der Waals surface area contributed by atoms with Crippen LogP contribution in [-0.4, -0.2) is 17.6 Å². The molecule has 0 aliphatic carbocycles. The lowest BCUT2D eigenvalue weighted by Gasteiger charge is -2.13. The molecule has 0 amide bonds. The standard InChI is InChI=1S/C13H15NO2/c1-2-3-7-10-14-12(13(15)16)11-8-5-4-6-9-11/h4-6,8-9,12,14H,7,10H2,1H3,(H,15,16). The fraction of sp³-hybridized carbons (Fsp3) is 0.308. The number of carboxylic acids is 1. The molecule has 2 N–H and O–H groups in total. The van der Waals surface area contributed by atoms with Crippen molar-refractivity contribution in [3.05, 3.63) is 35.9 Å². The van der Waals surface area contributed by atoms with E-state index in [1.54, 1.807) is 19.1 Å². The molecule has 0 bridgehead atoms. The number of carbonyl (C=O) groups is 1. The van der Waals surface area contributed by atoms with Crippen LogP contribution in [0.25, 0.3) is 0 Å². The Morgan fingerprint density at radius 3 is 2.69 bits per heavy atom. The van der Waals surface area contributed by atoms with Gasteiger partial charge in [0, 0.05) is 13.0 Å². The molecule has 84 valence electrons. The molecule has 0 saturated carbocycles. The van der Waals surface area contributed by atoms with Crippen molar-refractivity contribution in [3.63, 3.8) is 0 Å². The van der Waals surface area contributed by atoms with Crippen molar-refractivity contribution in [1.29, 1.82) is 0 Å². The first-order valence-corrected chi connectivity index (χ1v) is 5.16. The molecule has 1 unspecified atom stereocenters. The maximum absolute atomic E-state index is 11.1. The zero-order chi connectivity index (χ0) is 11.8. The summed E-state index contributed by atoms with van der Waals surface area (Å²) in [6, 6.07) is 8.48. The second-order valence-electron chi connectivity index (χ2n) is 3.31. The van der Waals surface area contributed by atoms with Crippen LogP contribution in [0.15, 0.2) is 30.3 Å². The van der Waals surface area contributed by atoms with Crippen LogP contribution in [-0.2, 0) is 4.79 Å². The lowest BCUT2D eigenvalue weighted by molar-refractivity contribution is -0.139. The van der Waals surface area contributed by atoms with E-state index < -0.39 is 12.0 Å². The van der Waals surface area contributed by atoms with Crippen molar-refractivity contribution < 1.29 is 9.90 Å². The Kier molecular flexibility index (Phi) is 5.10. The number of hydrogen-bond acceptors (Lipinski definition) is 2. The molecule has 0 aliphatic heterocycles. The third kappa shape index (κ3) is 3.76. The van der Waals surface area contributed by atoms with E-state index in [9.17, 15) is 4.79 Å². The van der Waals surface area contributed by atoms with E-state index in [4.69, 9.17) is 5.11 Å². The molecule has 0 radical (unpaired) electrons. The minimum atomic E-state index is -0.865. The van der Waals surface area contributed by atoms with E-state index >= 15 is 0 Å². The highest BCUT2D eigenvalue weighted by Gasteiger charge is 2.17. The summed E-state index contributed by atoms with van der Waals surface area (Å²) < 4.78 is 0. The molecule has 3 heteroatoms. The van der Waals surface area contributed by atoms with Gasteiger partial charge < -0.3 is 5.11 Å². The molecule has 3 nitrogen and oxygen atoms in total. The highest BCUT2D eigenvalue weighted by atomic mass is 16.4. The first-order valence-electron chi connectivity index (χ1n) is 5.16. The van der Waals surface area contributed by atoms with E-state index in [-0.39, 0.29) is 0 Å². The monoisotopic (exact) mass is 217 g/mol. The lowest BCUT2D eigenvalue weighted by Crippen LogP contribution is -2.29. The van der Waals surface area contributed by atoms with Crippen LogP contribution in [0.5, 0.6) is 0 Å². The summed E-state index contributed by atoms with van der Waals surface area (Å²) in [5.41, 5.74) is 0.763. The normalized spacial score (nSPS) is 11.3. The molecule has 0 aliphatic rings. The number of nitrogens with one attached hydrogen (secondary N) is 1. The third-order valence-electron chi connectivity index (χ3n) is 2.16. The Bertz CT molecular complexity index is 389. The fourth-order valence-corrected chi connectivity index (χ4v) is 1.40. The molecule has 1 rings (SSSR count).